The van der Waals surface area contributed by atoms with Gasteiger partial charge in [0.2, 0.25) is 15.9 Å². The van der Waals surface area contributed by atoms with E-state index in [2.05, 4.69) is 21.2 Å². The van der Waals surface area contributed by atoms with E-state index in [-0.39, 0.29) is 28.3 Å². The van der Waals surface area contributed by atoms with Crippen molar-refractivity contribution < 1.29 is 18.0 Å². The van der Waals surface area contributed by atoms with Crippen molar-refractivity contribution in [1.82, 2.24) is 9.21 Å². The van der Waals surface area contributed by atoms with Gasteiger partial charge in [-0.25, -0.2) is 12.7 Å². The minimum atomic E-state index is -3.68. The Bertz CT molecular complexity index is 1030. The number of benzene rings is 2. The van der Waals surface area contributed by atoms with Gasteiger partial charge in [-0.15, -0.1) is 0 Å². The van der Waals surface area contributed by atoms with E-state index in [0.717, 1.165) is 8.78 Å². The molecule has 2 amide bonds. The molecule has 1 fully saturated rings. The van der Waals surface area contributed by atoms with Crippen LogP contribution in [-0.4, -0.2) is 56.6 Å². The Morgan fingerprint density at radius 3 is 2.23 bits per heavy atom. The van der Waals surface area contributed by atoms with Crippen molar-refractivity contribution in [3.8, 4) is 0 Å². The molecule has 160 valence electrons. The van der Waals surface area contributed by atoms with E-state index in [4.69, 9.17) is 0 Å². The van der Waals surface area contributed by atoms with Gasteiger partial charge in [0.05, 0.1) is 5.69 Å². The third-order valence-electron chi connectivity index (χ3n) is 5.15. The summed E-state index contributed by atoms with van der Waals surface area (Å²) >= 11 is 3.36. The fraction of sp³-hybridized carbons (Fsp3) is 0.333. The number of rotatable bonds is 5. The van der Waals surface area contributed by atoms with Crippen molar-refractivity contribution in [2.75, 3.05) is 32.5 Å². The third-order valence-corrected chi connectivity index (χ3v) is 7.55. The molecule has 1 aliphatic heterocycles. The maximum absolute atomic E-state index is 12.8. The summed E-state index contributed by atoms with van der Waals surface area (Å²) < 4.78 is 27.0. The second-order valence-electron chi connectivity index (χ2n) is 7.35. The van der Waals surface area contributed by atoms with Crippen molar-refractivity contribution in [3.05, 3.63) is 58.6 Å². The molecule has 1 N–H and O–H groups in total. The molecule has 0 aromatic heterocycles. The first-order valence-electron chi connectivity index (χ1n) is 9.57. The molecule has 2 aromatic rings. The van der Waals surface area contributed by atoms with Crippen LogP contribution in [0.1, 0.15) is 23.2 Å². The van der Waals surface area contributed by atoms with Crippen LogP contribution in [0.4, 0.5) is 5.69 Å². The highest BCUT2D eigenvalue weighted by Crippen LogP contribution is 2.26. The highest BCUT2D eigenvalue weighted by atomic mass is 79.9. The smallest absolute Gasteiger partial charge is 0.253 e. The number of carbonyl (C=O) groups is 2. The van der Waals surface area contributed by atoms with Crippen LogP contribution in [0.3, 0.4) is 0 Å². The Labute approximate surface area is 185 Å². The van der Waals surface area contributed by atoms with Gasteiger partial charge in [0.15, 0.2) is 0 Å². The zero-order valence-corrected chi connectivity index (χ0v) is 19.2. The molecule has 2 aromatic carbocycles. The lowest BCUT2D eigenvalue weighted by molar-refractivity contribution is -0.121. The van der Waals surface area contributed by atoms with Crippen LogP contribution in [0.2, 0.25) is 0 Å². The lowest BCUT2D eigenvalue weighted by Gasteiger charge is -2.31. The highest BCUT2D eigenvalue weighted by Gasteiger charge is 2.29. The molecule has 3 rings (SSSR count). The van der Waals surface area contributed by atoms with E-state index in [1.165, 1.54) is 20.2 Å². The van der Waals surface area contributed by atoms with Gasteiger partial charge in [-0.2, -0.15) is 0 Å². The molecule has 1 saturated heterocycles. The van der Waals surface area contributed by atoms with Crippen LogP contribution in [0.5, 0.6) is 0 Å². The van der Waals surface area contributed by atoms with Crippen LogP contribution in [0.25, 0.3) is 0 Å². The summed E-state index contributed by atoms with van der Waals surface area (Å²) in [4.78, 5) is 27.2. The Kier molecular flexibility index (Phi) is 6.95. The van der Waals surface area contributed by atoms with Crippen LogP contribution in [0.15, 0.2) is 57.9 Å². The SMILES string of the molecule is CN(C)S(=O)(=O)c1ccccc1NC(=O)C1CCN(C(=O)c2ccc(Br)cc2)CC1. The van der Waals surface area contributed by atoms with Crippen LogP contribution in [0, 0.1) is 5.92 Å². The average molecular weight is 494 g/mol. The van der Waals surface area contributed by atoms with Gasteiger partial charge in [-0.3, -0.25) is 9.59 Å². The number of nitrogens with one attached hydrogen (secondary N) is 1. The predicted octanol–water partition coefficient (Wildman–Crippen LogP) is 3.19. The Morgan fingerprint density at radius 2 is 1.63 bits per heavy atom. The number of hydrogen-bond donors (Lipinski definition) is 1. The summed E-state index contributed by atoms with van der Waals surface area (Å²) in [5.74, 6) is -0.565. The molecule has 0 bridgehead atoms. The molecular formula is C21H24BrN3O4S. The topological polar surface area (TPSA) is 86.8 Å². The molecule has 0 radical (unpaired) electrons. The van der Waals surface area contributed by atoms with Gasteiger partial charge in [0.25, 0.3) is 5.91 Å². The Balaban J connectivity index is 1.64. The molecule has 9 heteroatoms. The Morgan fingerprint density at radius 1 is 1.03 bits per heavy atom. The average Bonchev–Trinajstić information content (AvgIpc) is 2.74. The zero-order chi connectivity index (χ0) is 21.9. The van der Waals surface area contributed by atoms with E-state index in [0.29, 0.717) is 31.5 Å². The first-order valence-corrected chi connectivity index (χ1v) is 11.8. The summed E-state index contributed by atoms with van der Waals surface area (Å²) in [7, 11) is -0.774. The summed E-state index contributed by atoms with van der Waals surface area (Å²) in [6.45, 7) is 0.954. The number of carbonyl (C=O) groups excluding carboxylic acids is 2. The van der Waals surface area contributed by atoms with E-state index in [9.17, 15) is 18.0 Å². The summed E-state index contributed by atoms with van der Waals surface area (Å²) in [6, 6.07) is 13.6. The van der Waals surface area contributed by atoms with E-state index in [1.54, 1.807) is 35.2 Å². The zero-order valence-electron chi connectivity index (χ0n) is 16.8. The standard InChI is InChI=1S/C21H24BrN3O4S/c1-24(2)30(28,29)19-6-4-3-5-18(19)23-20(26)15-11-13-25(14-12-15)21(27)16-7-9-17(22)10-8-16/h3-10,15H,11-14H2,1-2H3,(H,23,26). The fourth-order valence-corrected chi connectivity index (χ4v) is 4.65. The van der Waals surface area contributed by atoms with Gasteiger partial charge in [0.1, 0.15) is 4.90 Å². The van der Waals surface area contributed by atoms with E-state index in [1.807, 2.05) is 12.1 Å². The molecule has 0 unspecified atom stereocenters. The van der Waals surface area contributed by atoms with Gasteiger partial charge in [-0.1, -0.05) is 28.1 Å². The molecule has 7 nitrogen and oxygen atoms in total. The number of sulfonamides is 1. The monoisotopic (exact) mass is 493 g/mol. The van der Waals surface area contributed by atoms with Crippen LogP contribution >= 0.6 is 15.9 Å². The molecule has 30 heavy (non-hydrogen) atoms. The molecule has 0 spiro atoms. The number of para-hydroxylation sites is 1. The highest BCUT2D eigenvalue weighted by molar-refractivity contribution is 9.10. The molecule has 1 heterocycles. The molecular weight excluding hydrogens is 470 g/mol. The minimum Gasteiger partial charge on any atom is -0.339 e. The van der Waals surface area contributed by atoms with Crippen molar-refractivity contribution in [2.24, 2.45) is 5.92 Å². The second kappa shape index (κ2) is 9.28. The number of anilines is 1. The largest absolute Gasteiger partial charge is 0.339 e. The van der Waals surface area contributed by atoms with E-state index < -0.39 is 10.0 Å². The molecule has 0 aliphatic carbocycles. The minimum absolute atomic E-state index is 0.0521. The maximum atomic E-state index is 12.8. The number of likely N-dealkylation sites (tertiary alicyclic amines) is 1. The van der Waals surface area contributed by atoms with Gasteiger partial charge < -0.3 is 10.2 Å². The summed E-state index contributed by atoms with van der Waals surface area (Å²) in [5, 5.41) is 2.77. The summed E-state index contributed by atoms with van der Waals surface area (Å²) in [6.07, 6.45) is 1.05. The first kappa shape index (κ1) is 22.5. The third kappa shape index (κ3) is 4.91. The van der Waals surface area contributed by atoms with Crippen LogP contribution in [-0.2, 0) is 14.8 Å². The normalized spacial score (nSPS) is 15.3. The van der Waals surface area contributed by atoms with Gasteiger partial charge in [0, 0.05) is 43.1 Å². The Hall–Kier alpha value is -2.23. The predicted molar refractivity (Wildman–Crippen MR) is 119 cm³/mol. The lowest BCUT2D eigenvalue weighted by atomic mass is 9.95. The molecule has 1 aliphatic rings. The van der Waals surface area contributed by atoms with Crippen molar-refractivity contribution in [2.45, 2.75) is 17.7 Å². The van der Waals surface area contributed by atoms with Crippen molar-refractivity contribution in [1.29, 1.82) is 0 Å². The number of nitrogens with zero attached hydrogens (tertiary/aromatic N) is 2. The van der Waals surface area contributed by atoms with Crippen molar-refractivity contribution in [3.63, 3.8) is 0 Å². The van der Waals surface area contributed by atoms with E-state index >= 15 is 0 Å². The lowest BCUT2D eigenvalue weighted by Crippen LogP contribution is -2.41. The first-order chi connectivity index (χ1) is 14.2. The number of piperidine rings is 1. The quantitative estimate of drug-likeness (QED) is 0.692. The van der Waals surface area contributed by atoms with Crippen molar-refractivity contribution >= 4 is 43.5 Å². The van der Waals surface area contributed by atoms with Gasteiger partial charge in [-0.05, 0) is 49.2 Å². The number of amides is 2. The molecule has 0 saturated carbocycles. The van der Waals surface area contributed by atoms with Gasteiger partial charge >= 0.3 is 0 Å². The molecule has 0 atom stereocenters. The second-order valence-corrected chi connectivity index (χ2v) is 10.4. The maximum Gasteiger partial charge on any atom is 0.253 e. The fourth-order valence-electron chi connectivity index (χ4n) is 3.35. The van der Waals surface area contributed by atoms with Crippen LogP contribution < -0.4 is 5.32 Å². The number of hydrogen-bond acceptors (Lipinski definition) is 4. The number of halogens is 1. The summed E-state index contributed by atoms with van der Waals surface area (Å²) in [5.41, 5.74) is 0.883.